The lowest BCUT2D eigenvalue weighted by atomic mass is 9.37. The highest BCUT2D eigenvalue weighted by atomic mass is 16.2. The first-order valence-electron chi connectivity index (χ1n) is 25.4. The largest absolute Gasteiger partial charge is 0.400 e. The summed E-state index contributed by atoms with van der Waals surface area (Å²) in [7, 11) is 6.34. The molecule has 7 rings (SSSR count). The lowest BCUT2D eigenvalue weighted by Gasteiger charge is -2.67. The summed E-state index contributed by atoms with van der Waals surface area (Å²) in [6, 6.07) is 8.85. The average Bonchev–Trinajstić information content (AvgIpc) is 3.80. The van der Waals surface area contributed by atoms with Gasteiger partial charge in [0, 0.05) is 50.1 Å². The van der Waals surface area contributed by atoms with Crippen LogP contribution in [0.15, 0.2) is 47.6 Å². The molecule has 10 atom stereocenters. The molecule has 0 spiro atoms. The number of fused-ring (bicyclic) bond motifs is 7. The van der Waals surface area contributed by atoms with E-state index in [9.17, 15) is 4.79 Å². The van der Waals surface area contributed by atoms with Crippen LogP contribution in [0.4, 0.5) is 0 Å². The lowest BCUT2D eigenvalue weighted by Crippen LogP contribution is -2.60. The predicted molar refractivity (Wildman–Crippen MR) is 265 cm³/mol. The second-order valence-corrected chi connectivity index (χ2v) is 22.4. The SMILES string of the molecule is C=C1CC2(Cc3nnc(-c4ccc(C)cc4)n3CCN(C)C)CCC3C(CCC4C3(C)CCC3C(C)C(CC(CCC)CC(C)(C)C=O)CCC34C)C2=C1C(C)C.CC.CO.CO. The Bertz CT molecular complexity index is 1810. The van der Waals surface area contributed by atoms with E-state index in [2.05, 4.69) is 110 Å². The minimum atomic E-state index is -0.208. The Balaban J connectivity index is 0.00000139. The maximum atomic E-state index is 11.9. The van der Waals surface area contributed by atoms with Gasteiger partial charge in [-0.25, -0.2) is 0 Å². The van der Waals surface area contributed by atoms with Gasteiger partial charge in [0.2, 0.25) is 0 Å². The number of aliphatic hydroxyl groups excluding tert-OH is 2. The van der Waals surface area contributed by atoms with E-state index in [4.69, 9.17) is 27.0 Å². The molecule has 1 aromatic heterocycles. The molecule has 356 valence electrons. The highest BCUT2D eigenvalue weighted by Crippen LogP contribution is 2.73. The number of rotatable bonds is 14. The fourth-order valence-corrected chi connectivity index (χ4v) is 15.1. The summed E-state index contributed by atoms with van der Waals surface area (Å²) < 4.78 is 2.46. The average molecular weight is 871 g/mol. The van der Waals surface area contributed by atoms with E-state index < -0.39 is 0 Å². The number of aromatic nitrogens is 3. The number of carbonyl (C=O) groups is 1. The van der Waals surface area contributed by atoms with E-state index in [1.165, 1.54) is 88.1 Å². The number of nitrogens with zero attached hydrogens (tertiary/aromatic N) is 4. The summed E-state index contributed by atoms with van der Waals surface area (Å²) >= 11 is 0. The van der Waals surface area contributed by atoms with Gasteiger partial charge in [0.05, 0.1) is 0 Å². The number of benzene rings is 1. The molecule has 2 aromatic rings. The van der Waals surface area contributed by atoms with Crippen molar-refractivity contribution in [3.8, 4) is 11.4 Å². The van der Waals surface area contributed by atoms with E-state index in [0.717, 1.165) is 93.4 Å². The van der Waals surface area contributed by atoms with Gasteiger partial charge in [-0.3, -0.25) is 0 Å². The Hall–Kier alpha value is -2.61. The van der Waals surface area contributed by atoms with Crippen LogP contribution >= 0.6 is 0 Å². The molecule has 0 radical (unpaired) electrons. The van der Waals surface area contributed by atoms with Gasteiger partial charge in [0.25, 0.3) is 0 Å². The van der Waals surface area contributed by atoms with E-state index >= 15 is 0 Å². The fourth-order valence-electron chi connectivity index (χ4n) is 15.1. The molecule has 5 aliphatic carbocycles. The summed E-state index contributed by atoms with van der Waals surface area (Å²) in [6.45, 7) is 32.6. The van der Waals surface area contributed by atoms with E-state index in [-0.39, 0.29) is 10.8 Å². The molecule has 2 N–H and O–H groups in total. The summed E-state index contributed by atoms with van der Waals surface area (Å²) in [5, 5.41) is 24.0. The second-order valence-electron chi connectivity index (χ2n) is 22.4. The summed E-state index contributed by atoms with van der Waals surface area (Å²) in [6.07, 6.45) is 19.0. The topological polar surface area (TPSA) is 91.5 Å². The normalized spacial score (nSPS) is 31.6. The van der Waals surface area contributed by atoms with Gasteiger partial charge >= 0.3 is 0 Å². The number of aliphatic hydroxyl groups is 2. The third-order valence-corrected chi connectivity index (χ3v) is 17.5. The number of carbonyl (C=O) groups excluding carboxylic acids is 1. The standard InChI is InChI=1S/C52H80N4O.C2H6.2CH4O/c1-13-14-38(31-49(7,8)33-57)29-40-21-24-50(9)42(37(40)6)22-25-51(10)43-23-26-52(30-36(5)46(34(2)3)47(52)41(43)19-20-44(50)51)32-45-53-54-48(56(45)28-27-55(11)12)39-17-15-35(4)16-18-39;3*1-2/h15-18,33-34,37-38,40-44H,5,13-14,19-32H2,1-4,6-12H3;1-2H3;2*2H,1H3. The van der Waals surface area contributed by atoms with Crippen LogP contribution in [0.5, 0.6) is 0 Å². The molecule has 0 bridgehead atoms. The van der Waals surface area contributed by atoms with Crippen LogP contribution in [0.25, 0.3) is 11.4 Å². The molecule has 10 unspecified atom stereocenters. The van der Waals surface area contributed by atoms with Crippen molar-refractivity contribution in [1.29, 1.82) is 0 Å². The molecule has 0 aliphatic heterocycles. The van der Waals surface area contributed by atoms with Crippen LogP contribution in [0.1, 0.15) is 164 Å². The zero-order chi connectivity index (χ0) is 47.1. The van der Waals surface area contributed by atoms with Gasteiger partial charge < -0.3 is 24.5 Å². The number of likely N-dealkylation sites (N-methyl/N-ethyl adjacent to an activating group) is 1. The number of hydrogen-bond donors (Lipinski definition) is 2. The molecule has 7 heteroatoms. The Labute approximate surface area is 386 Å². The number of aldehydes is 1. The molecule has 0 amide bonds. The number of aryl methyl sites for hydroxylation is 1. The number of allylic oxidation sites excluding steroid dienone is 3. The maximum Gasteiger partial charge on any atom is 0.164 e. The van der Waals surface area contributed by atoms with Crippen LogP contribution in [0.3, 0.4) is 0 Å². The molecule has 4 fully saturated rings. The minimum absolute atomic E-state index is 0.0929. The molecular formula is C56H94N4O3. The monoisotopic (exact) mass is 871 g/mol. The summed E-state index contributed by atoms with van der Waals surface area (Å²) in [5.41, 5.74) is 7.97. The summed E-state index contributed by atoms with van der Waals surface area (Å²) in [5.74, 6) is 7.93. The highest BCUT2D eigenvalue weighted by molar-refractivity contribution is 5.58. The van der Waals surface area contributed by atoms with Crippen molar-refractivity contribution in [3.63, 3.8) is 0 Å². The molecular weight excluding hydrogens is 777 g/mol. The van der Waals surface area contributed by atoms with Crippen molar-refractivity contribution >= 4 is 6.29 Å². The lowest BCUT2D eigenvalue weighted by molar-refractivity contribution is -0.171. The van der Waals surface area contributed by atoms with Gasteiger partial charge in [-0.15, -0.1) is 10.2 Å². The van der Waals surface area contributed by atoms with E-state index in [0.29, 0.717) is 28.6 Å². The van der Waals surface area contributed by atoms with Gasteiger partial charge in [0.1, 0.15) is 12.1 Å². The molecule has 7 nitrogen and oxygen atoms in total. The van der Waals surface area contributed by atoms with Crippen molar-refractivity contribution in [1.82, 2.24) is 19.7 Å². The third kappa shape index (κ3) is 10.7. The van der Waals surface area contributed by atoms with Gasteiger partial charge in [-0.2, -0.15) is 0 Å². The molecule has 5 aliphatic rings. The van der Waals surface area contributed by atoms with E-state index in [1.54, 1.807) is 5.57 Å². The zero-order valence-electron chi connectivity index (χ0n) is 43.1. The van der Waals surface area contributed by atoms with Crippen LogP contribution < -0.4 is 0 Å². The molecule has 63 heavy (non-hydrogen) atoms. The maximum absolute atomic E-state index is 11.9. The smallest absolute Gasteiger partial charge is 0.164 e. The van der Waals surface area contributed by atoms with Crippen molar-refractivity contribution in [2.75, 3.05) is 34.9 Å². The molecule has 4 saturated carbocycles. The first kappa shape index (κ1) is 53.0. The van der Waals surface area contributed by atoms with E-state index in [1.807, 2.05) is 19.4 Å². The Morgan fingerprint density at radius 2 is 1.56 bits per heavy atom. The van der Waals surface area contributed by atoms with Crippen LogP contribution in [0.2, 0.25) is 0 Å². The van der Waals surface area contributed by atoms with Crippen LogP contribution in [0, 0.1) is 75.9 Å². The fraction of sp³-hybridized carbons (Fsp3) is 0.768. The highest BCUT2D eigenvalue weighted by Gasteiger charge is 2.64. The van der Waals surface area contributed by atoms with Gasteiger partial charge in [-0.1, -0.05) is 130 Å². The van der Waals surface area contributed by atoms with Crippen LogP contribution in [-0.4, -0.2) is 71.0 Å². The Kier molecular flexibility index (Phi) is 18.7. The third-order valence-electron chi connectivity index (χ3n) is 17.5. The van der Waals surface area contributed by atoms with Gasteiger partial charge in [-0.05, 0) is 155 Å². The first-order chi connectivity index (χ1) is 30.0. The first-order valence-corrected chi connectivity index (χ1v) is 25.4. The van der Waals surface area contributed by atoms with Crippen molar-refractivity contribution in [3.05, 3.63) is 59.0 Å². The Morgan fingerprint density at radius 1 is 0.937 bits per heavy atom. The molecule has 0 saturated heterocycles. The quantitative estimate of drug-likeness (QED) is 0.184. The zero-order valence-corrected chi connectivity index (χ0v) is 43.1. The van der Waals surface area contributed by atoms with Crippen molar-refractivity contribution < 1.29 is 15.0 Å². The second kappa shape index (κ2) is 22.3. The molecule has 1 aromatic carbocycles. The predicted octanol–water partition coefficient (Wildman–Crippen LogP) is 12.8. The van der Waals surface area contributed by atoms with Crippen molar-refractivity contribution in [2.45, 2.75) is 173 Å². The van der Waals surface area contributed by atoms with Gasteiger partial charge in [0.15, 0.2) is 5.82 Å². The minimum Gasteiger partial charge on any atom is -0.400 e. The number of hydrogen-bond acceptors (Lipinski definition) is 6. The Morgan fingerprint density at radius 3 is 2.16 bits per heavy atom. The van der Waals surface area contributed by atoms with Crippen LogP contribution in [-0.2, 0) is 17.8 Å². The summed E-state index contributed by atoms with van der Waals surface area (Å²) in [4.78, 5) is 14.2. The van der Waals surface area contributed by atoms with Crippen molar-refractivity contribution in [2.24, 2.45) is 69.0 Å². The molecule has 1 heterocycles.